The number of likely N-dealkylation sites (N-methyl/N-ethyl adjacent to an activating group) is 1. The van der Waals surface area contributed by atoms with Gasteiger partial charge in [-0.3, -0.25) is 0 Å². The average molecular weight is 245 g/mol. The summed E-state index contributed by atoms with van der Waals surface area (Å²) in [6.07, 6.45) is 3.81. The Hall–Kier alpha value is -1.81. The normalized spacial score (nSPS) is 12.3. The van der Waals surface area contributed by atoms with E-state index in [0.29, 0.717) is 6.61 Å². The van der Waals surface area contributed by atoms with E-state index in [-0.39, 0.29) is 6.04 Å². The first-order chi connectivity index (χ1) is 8.85. The first kappa shape index (κ1) is 12.6. The molecule has 18 heavy (non-hydrogen) atoms. The van der Waals surface area contributed by atoms with Crippen molar-refractivity contribution in [2.75, 3.05) is 13.7 Å². The van der Waals surface area contributed by atoms with E-state index in [2.05, 4.69) is 21.8 Å². The third-order valence-electron chi connectivity index (χ3n) is 2.91. The van der Waals surface area contributed by atoms with E-state index in [1.54, 1.807) is 0 Å². The highest BCUT2D eigenvalue weighted by atomic mass is 16.5. The summed E-state index contributed by atoms with van der Waals surface area (Å²) in [5.74, 6) is 1.89. The lowest BCUT2D eigenvalue weighted by atomic mass is 10.3. The fraction of sp³-hybridized carbons (Fsp3) is 0.357. The number of para-hydroxylation sites is 1. The molecule has 0 radical (unpaired) electrons. The fourth-order valence-electron chi connectivity index (χ4n) is 1.88. The number of aryl methyl sites for hydroxylation is 1. The predicted molar refractivity (Wildman–Crippen MR) is 71.6 cm³/mol. The molecule has 1 atom stereocenters. The van der Waals surface area contributed by atoms with Crippen molar-refractivity contribution in [3.8, 4) is 5.75 Å². The molecule has 0 saturated carbocycles. The summed E-state index contributed by atoms with van der Waals surface area (Å²) in [5, 5.41) is 3.24. The highest BCUT2D eigenvalue weighted by molar-refractivity contribution is 5.21. The van der Waals surface area contributed by atoms with Gasteiger partial charge < -0.3 is 14.6 Å². The quantitative estimate of drug-likeness (QED) is 0.848. The second-order valence-electron chi connectivity index (χ2n) is 4.04. The van der Waals surface area contributed by atoms with Crippen LogP contribution < -0.4 is 10.1 Å². The summed E-state index contributed by atoms with van der Waals surface area (Å²) in [4.78, 5) is 4.39. The fourth-order valence-corrected chi connectivity index (χ4v) is 1.88. The Morgan fingerprint density at radius 1 is 1.33 bits per heavy atom. The van der Waals surface area contributed by atoms with Crippen molar-refractivity contribution in [1.29, 1.82) is 0 Å². The van der Waals surface area contributed by atoms with Gasteiger partial charge in [-0.2, -0.15) is 0 Å². The second kappa shape index (κ2) is 6.21. The Labute approximate surface area is 108 Å². The first-order valence-electron chi connectivity index (χ1n) is 6.21. The van der Waals surface area contributed by atoms with Gasteiger partial charge in [-0.15, -0.1) is 0 Å². The Morgan fingerprint density at radius 2 is 2.11 bits per heavy atom. The zero-order valence-electron chi connectivity index (χ0n) is 10.8. The van der Waals surface area contributed by atoms with Crippen LogP contribution in [0.5, 0.6) is 5.75 Å². The topological polar surface area (TPSA) is 39.1 Å². The standard InChI is InChI=1S/C14H19N3O/c1-3-17-10-9-16-14(17)13(15-2)11-18-12-7-5-4-6-8-12/h4-10,13,15H,3,11H2,1-2H3. The third kappa shape index (κ3) is 2.90. The molecule has 4 heteroatoms. The number of imidazole rings is 1. The largest absolute Gasteiger partial charge is 0.491 e. The monoisotopic (exact) mass is 245 g/mol. The minimum absolute atomic E-state index is 0.0974. The van der Waals surface area contributed by atoms with Crippen molar-refractivity contribution in [3.05, 3.63) is 48.5 Å². The molecule has 0 saturated heterocycles. The van der Waals surface area contributed by atoms with Crippen LogP contribution in [-0.2, 0) is 6.54 Å². The molecule has 0 amide bonds. The molecule has 96 valence electrons. The molecule has 0 spiro atoms. The van der Waals surface area contributed by atoms with Gasteiger partial charge in [0.1, 0.15) is 24.2 Å². The average Bonchev–Trinajstić information content (AvgIpc) is 2.89. The van der Waals surface area contributed by atoms with Crippen molar-refractivity contribution in [3.63, 3.8) is 0 Å². The SMILES string of the molecule is CCn1ccnc1C(COc1ccccc1)NC. The maximum atomic E-state index is 5.77. The summed E-state index contributed by atoms with van der Waals surface area (Å²) >= 11 is 0. The van der Waals surface area contributed by atoms with Gasteiger partial charge in [0.15, 0.2) is 0 Å². The van der Waals surface area contributed by atoms with E-state index in [9.17, 15) is 0 Å². The Kier molecular flexibility index (Phi) is 4.36. The number of hydrogen-bond donors (Lipinski definition) is 1. The van der Waals surface area contributed by atoms with E-state index in [1.165, 1.54) is 0 Å². The number of ether oxygens (including phenoxy) is 1. The van der Waals surface area contributed by atoms with Crippen molar-refractivity contribution in [2.45, 2.75) is 19.5 Å². The van der Waals surface area contributed by atoms with Gasteiger partial charge in [0.2, 0.25) is 0 Å². The molecule has 0 aliphatic carbocycles. The Balaban J connectivity index is 2.02. The van der Waals surface area contributed by atoms with Crippen molar-refractivity contribution in [2.24, 2.45) is 0 Å². The summed E-state index contributed by atoms with van der Waals surface area (Å²) in [6.45, 7) is 3.59. The zero-order valence-corrected chi connectivity index (χ0v) is 10.8. The summed E-state index contributed by atoms with van der Waals surface area (Å²) < 4.78 is 7.89. The highest BCUT2D eigenvalue weighted by Crippen LogP contribution is 2.14. The van der Waals surface area contributed by atoms with Crippen LogP contribution in [0.1, 0.15) is 18.8 Å². The van der Waals surface area contributed by atoms with E-state index < -0.39 is 0 Å². The van der Waals surface area contributed by atoms with Crippen LogP contribution in [0.3, 0.4) is 0 Å². The minimum Gasteiger partial charge on any atom is -0.491 e. The molecule has 4 nitrogen and oxygen atoms in total. The summed E-state index contributed by atoms with van der Waals surface area (Å²) in [6, 6.07) is 9.93. The van der Waals surface area contributed by atoms with Crippen LogP contribution in [0.15, 0.2) is 42.7 Å². The molecule has 0 aliphatic rings. The summed E-state index contributed by atoms with van der Waals surface area (Å²) in [7, 11) is 1.92. The lowest BCUT2D eigenvalue weighted by Gasteiger charge is -2.17. The van der Waals surface area contributed by atoms with Crippen molar-refractivity contribution < 1.29 is 4.74 Å². The molecule has 1 N–H and O–H groups in total. The van der Waals surface area contributed by atoms with Crippen molar-refractivity contribution in [1.82, 2.24) is 14.9 Å². The highest BCUT2D eigenvalue weighted by Gasteiger charge is 2.15. The molecule has 1 aromatic heterocycles. The lowest BCUT2D eigenvalue weighted by Crippen LogP contribution is -2.26. The molecule has 1 heterocycles. The number of nitrogens with zero attached hydrogens (tertiary/aromatic N) is 2. The Bertz CT molecular complexity index is 467. The smallest absolute Gasteiger partial charge is 0.129 e. The van der Waals surface area contributed by atoms with Crippen LogP contribution in [0, 0.1) is 0 Å². The molecule has 0 bridgehead atoms. The van der Waals surface area contributed by atoms with E-state index in [1.807, 2.05) is 49.8 Å². The van der Waals surface area contributed by atoms with Crippen LogP contribution in [0.2, 0.25) is 0 Å². The number of nitrogens with one attached hydrogen (secondary N) is 1. The number of aromatic nitrogens is 2. The van der Waals surface area contributed by atoms with Crippen molar-refractivity contribution >= 4 is 0 Å². The summed E-state index contributed by atoms with van der Waals surface area (Å²) in [5.41, 5.74) is 0. The maximum Gasteiger partial charge on any atom is 0.129 e. The second-order valence-corrected chi connectivity index (χ2v) is 4.04. The minimum atomic E-state index is 0.0974. The van der Waals surface area contributed by atoms with E-state index in [4.69, 9.17) is 4.74 Å². The first-order valence-corrected chi connectivity index (χ1v) is 6.21. The molecular weight excluding hydrogens is 226 g/mol. The molecule has 2 aromatic rings. The van der Waals surface area contributed by atoms with Crippen LogP contribution in [0.4, 0.5) is 0 Å². The van der Waals surface area contributed by atoms with Gasteiger partial charge >= 0.3 is 0 Å². The van der Waals surface area contributed by atoms with E-state index in [0.717, 1.165) is 18.1 Å². The van der Waals surface area contributed by atoms with Gasteiger partial charge in [0.05, 0.1) is 0 Å². The molecule has 0 fully saturated rings. The zero-order chi connectivity index (χ0) is 12.8. The van der Waals surface area contributed by atoms with Gasteiger partial charge in [-0.1, -0.05) is 18.2 Å². The van der Waals surface area contributed by atoms with Crippen LogP contribution in [-0.4, -0.2) is 23.2 Å². The molecular formula is C14H19N3O. The van der Waals surface area contributed by atoms with Gasteiger partial charge in [-0.25, -0.2) is 4.98 Å². The van der Waals surface area contributed by atoms with Crippen LogP contribution in [0.25, 0.3) is 0 Å². The number of rotatable bonds is 6. The van der Waals surface area contributed by atoms with Gasteiger partial charge in [0, 0.05) is 18.9 Å². The van der Waals surface area contributed by atoms with Gasteiger partial charge in [0.25, 0.3) is 0 Å². The van der Waals surface area contributed by atoms with Gasteiger partial charge in [-0.05, 0) is 26.1 Å². The maximum absolute atomic E-state index is 5.77. The van der Waals surface area contributed by atoms with Crippen LogP contribution >= 0.6 is 0 Å². The number of hydrogen-bond acceptors (Lipinski definition) is 3. The molecule has 2 rings (SSSR count). The Morgan fingerprint density at radius 3 is 2.78 bits per heavy atom. The molecule has 1 aromatic carbocycles. The molecule has 0 aliphatic heterocycles. The van der Waals surface area contributed by atoms with E-state index >= 15 is 0 Å². The number of benzene rings is 1. The predicted octanol–water partition coefficient (Wildman–Crippen LogP) is 2.24. The third-order valence-corrected chi connectivity index (χ3v) is 2.91. The lowest BCUT2D eigenvalue weighted by molar-refractivity contribution is 0.264. The molecule has 1 unspecified atom stereocenters.